The van der Waals surface area contributed by atoms with Crippen molar-refractivity contribution < 1.29 is 0 Å². The molecule has 23 heavy (non-hydrogen) atoms. The van der Waals surface area contributed by atoms with Crippen molar-refractivity contribution in [1.82, 2.24) is 20.5 Å². The number of hydrogen-bond acceptors (Lipinski definition) is 3. The Morgan fingerprint density at radius 1 is 1.09 bits per heavy atom. The number of fused-ring (bicyclic) bond motifs is 1. The summed E-state index contributed by atoms with van der Waals surface area (Å²) in [6.45, 7) is 0. The quantitative estimate of drug-likeness (QED) is 0.779. The van der Waals surface area contributed by atoms with Crippen LogP contribution in [-0.2, 0) is 12.8 Å². The zero-order valence-corrected chi connectivity index (χ0v) is 12.9. The summed E-state index contributed by atoms with van der Waals surface area (Å²) in [4.78, 5) is 4.57. The summed E-state index contributed by atoms with van der Waals surface area (Å²) >= 11 is 0. The number of aromatic amines is 1. The van der Waals surface area contributed by atoms with Crippen LogP contribution in [0.3, 0.4) is 0 Å². The van der Waals surface area contributed by atoms with Crippen LogP contribution in [0.1, 0.15) is 35.0 Å². The lowest BCUT2D eigenvalue weighted by molar-refractivity contribution is 0.421. The van der Waals surface area contributed by atoms with Crippen LogP contribution in [0.2, 0.25) is 0 Å². The van der Waals surface area contributed by atoms with Gasteiger partial charge in [-0.05, 0) is 42.5 Å². The summed E-state index contributed by atoms with van der Waals surface area (Å²) in [5, 5.41) is 11.1. The molecule has 0 amide bonds. The largest absolute Gasteiger partial charge is 0.302 e. The molecule has 1 aliphatic rings. The highest BCUT2D eigenvalue weighted by atomic mass is 15.1. The summed E-state index contributed by atoms with van der Waals surface area (Å²) < 4.78 is 0. The lowest BCUT2D eigenvalue weighted by Gasteiger charge is -2.28. The number of H-pyrrole nitrogens is 1. The van der Waals surface area contributed by atoms with Gasteiger partial charge in [0.25, 0.3) is 0 Å². The number of nitrogens with zero attached hydrogens (tertiary/aromatic N) is 2. The normalized spacial score (nSPS) is 18.3. The molecule has 3 aromatic rings. The van der Waals surface area contributed by atoms with E-state index >= 15 is 0 Å². The Morgan fingerprint density at radius 2 is 1.96 bits per heavy atom. The van der Waals surface area contributed by atoms with Crippen molar-refractivity contribution in [3.8, 4) is 0 Å². The highest BCUT2D eigenvalue weighted by Gasteiger charge is 2.24. The molecule has 0 spiro atoms. The maximum absolute atomic E-state index is 4.57. The molecule has 4 heteroatoms. The average Bonchev–Trinajstić information content (AvgIpc) is 3.09. The molecule has 0 radical (unpaired) electrons. The Balaban J connectivity index is 1.59. The third kappa shape index (κ3) is 3.03. The van der Waals surface area contributed by atoms with E-state index in [4.69, 9.17) is 0 Å². The molecule has 0 bridgehead atoms. The van der Waals surface area contributed by atoms with E-state index in [2.05, 4.69) is 63.0 Å². The molecule has 4 nitrogen and oxygen atoms in total. The SMILES string of the molecule is c1ccc([C@@H](N[C@@H]2CCc3[nH]ncc3C2)c2ccccn2)cc1. The van der Waals surface area contributed by atoms with Crippen molar-refractivity contribution in [2.75, 3.05) is 0 Å². The molecule has 2 heterocycles. The Hall–Kier alpha value is -2.46. The third-order valence-electron chi connectivity index (χ3n) is 4.54. The second-order valence-electron chi connectivity index (χ2n) is 6.08. The van der Waals surface area contributed by atoms with Crippen LogP contribution >= 0.6 is 0 Å². The van der Waals surface area contributed by atoms with Crippen molar-refractivity contribution in [2.45, 2.75) is 31.3 Å². The number of nitrogens with one attached hydrogen (secondary N) is 2. The van der Waals surface area contributed by atoms with Crippen molar-refractivity contribution in [2.24, 2.45) is 0 Å². The van der Waals surface area contributed by atoms with Gasteiger partial charge in [0.1, 0.15) is 0 Å². The van der Waals surface area contributed by atoms with Crippen LogP contribution in [0.15, 0.2) is 60.9 Å². The smallest absolute Gasteiger partial charge is 0.0753 e. The first-order valence-corrected chi connectivity index (χ1v) is 8.13. The highest BCUT2D eigenvalue weighted by Crippen LogP contribution is 2.25. The van der Waals surface area contributed by atoms with Gasteiger partial charge in [-0.15, -0.1) is 0 Å². The van der Waals surface area contributed by atoms with Crippen LogP contribution in [0.5, 0.6) is 0 Å². The zero-order chi connectivity index (χ0) is 15.5. The van der Waals surface area contributed by atoms with Crippen molar-refractivity contribution in [3.63, 3.8) is 0 Å². The van der Waals surface area contributed by atoms with Gasteiger partial charge in [0.05, 0.1) is 17.9 Å². The Kier molecular flexibility index (Phi) is 3.90. The molecule has 2 atom stereocenters. The molecule has 1 aliphatic carbocycles. The first-order chi connectivity index (χ1) is 11.4. The van der Waals surface area contributed by atoms with Gasteiger partial charge >= 0.3 is 0 Å². The van der Waals surface area contributed by atoms with E-state index in [1.165, 1.54) is 16.8 Å². The standard InChI is InChI=1S/C19H20N4/c1-2-6-14(7-3-1)19(18-8-4-5-11-20-18)22-16-9-10-17-15(12-16)13-21-23-17/h1-8,11,13,16,19,22H,9-10,12H2,(H,21,23)/t16-,19-/m1/s1. The van der Waals surface area contributed by atoms with Gasteiger partial charge in [-0.3, -0.25) is 10.1 Å². The van der Waals surface area contributed by atoms with E-state index in [9.17, 15) is 0 Å². The molecule has 2 N–H and O–H groups in total. The van der Waals surface area contributed by atoms with Crippen LogP contribution in [0.4, 0.5) is 0 Å². The Bertz CT molecular complexity index is 712. The highest BCUT2D eigenvalue weighted by molar-refractivity contribution is 5.29. The van der Waals surface area contributed by atoms with E-state index in [-0.39, 0.29) is 6.04 Å². The van der Waals surface area contributed by atoms with Crippen LogP contribution < -0.4 is 5.32 Å². The van der Waals surface area contributed by atoms with Gasteiger partial charge in [-0.2, -0.15) is 5.10 Å². The predicted molar refractivity (Wildman–Crippen MR) is 90.1 cm³/mol. The van der Waals surface area contributed by atoms with Crippen molar-refractivity contribution >= 4 is 0 Å². The minimum absolute atomic E-state index is 0.121. The monoisotopic (exact) mass is 304 g/mol. The number of rotatable bonds is 4. The molecular weight excluding hydrogens is 284 g/mol. The first-order valence-electron chi connectivity index (χ1n) is 8.13. The van der Waals surface area contributed by atoms with Crippen LogP contribution in [-0.4, -0.2) is 21.2 Å². The fraction of sp³-hybridized carbons (Fsp3) is 0.263. The van der Waals surface area contributed by atoms with Crippen molar-refractivity contribution in [1.29, 1.82) is 0 Å². The predicted octanol–water partition coefficient (Wildman–Crippen LogP) is 3.04. The number of hydrogen-bond donors (Lipinski definition) is 2. The summed E-state index contributed by atoms with van der Waals surface area (Å²) in [6, 6.07) is 17.2. The van der Waals surface area contributed by atoms with Crippen LogP contribution in [0.25, 0.3) is 0 Å². The van der Waals surface area contributed by atoms with Crippen molar-refractivity contribution in [3.05, 3.63) is 83.4 Å². The first kappa shape index (κ1) is 14.2. The van der Waals surface area contributed by atoms with Gasteiger partial charge in [-0.25, -0.2) is 0 Å². The molecule has 0 aliphatic heterocycles. The lowest BCUT2D eigenvalue weighted by Crippen LogP contribution is -2.37. The molecule has 0 fully saturated rings. The van der Waals surface area contributed by atoms with E-state index in [0.29, 0.717) is 6.04 Å². The van der Waals surface area contributed by atoms with Crippen LogP contribution in [0, 0.1) is 0 Å². The maximum atomic E-state index is 4.57. The second-order valence-corrected chi connectivity index (χ2v) is 6.08. The Labute approximate surface area is 136 Å². The lowest BCUT2D eigenvalue weighted by atomic mass is 9.91. The second kappa shape index (κ2) is 6.34. The average molecular weight is 304 g/mol. The van der Waals surface area contributed by atoms with Gasteiger partial charge in [0.2, 0.25) is 0 Å². The summed E-state index contributed by atoms with van der Waals surface area (Å²) in [5.41, 5.74) is 4.94. The molecule has 116 valence electrons. The molecule has 4 rings (SSSR count). The van der Waals surface area contributed by atoms with Gasteiger partial charge in [0, 0.05) is 17.9 Å². The fourth-order valence-electron chi connectivity index (χ4n) is 3.34. The molecule has 0 saturated carbocycles. The third-order valence-corrected chi connectivity index (χ3v) is 4.54. The number of benzene rings is 1. The van der Waals surface area contributed by atoms with Gasteiger partial charge in [0.15, 0.2) is 0 Å². The molecule has 2 aromatic heterocycles. The topological polar surface area (TPSA) is 53.6 Å². The van der Waals surface area contributed by atoms with E-state index in [1.807, 2.05) is 18.5 Å². The van der Waals surface area contributed by atoms with E-state index < -0.39 is 0 Å². The number of pyridine rings is 1. The fourth-order valence-corrected chi connectivity index (χ4v) is 3.34. The minimum atomic E-state index is 0.121. The number of aromatic nitrogens is 3. The molecule has 0 saturated heterocycles. The molecule has 1 aromatic carbocycles. The zero-order valence-electron chi connectivity index (χ0n) is 12.9. The molecular formula is C19H20N4. The van der Waals surface area contributed by atoms with Gasteiger partial charge in [-0.1, -0.05) is 36.4 Å². The van der Waals surface area contributed by atoms with Gasteiger partial charge < -0.3 is 5.32 Å². The summed E-state index contributed by atoms with van der Waals surface area (Å²) in [5.74, 6) is 0. The van der Waals surface area contributed by atoms with E-state index in [0.717, 1.165) is 25.0 Å². The summed E-state index contributed by atoms with van der Waals surface area (Å²) in [7, 11) is 0. The maximum Gasteiger partial charge on any atom is 0.0753 e. The summed E-state index contributed by atoms with van der Waals surface area (Å²) in [6.07, 6.45) is 7.01. The minimum Gasteiger partial charge on any atom is -0.302 e. The molecule has 0 unspecified atom stereocenters. The number of aryl methyl sites for hydroxylation is 1. The Morgan fingerprint density at radius 3 is 2.78 bits per heavy atom. The van der Waals surface area contributed by atoms with E-state index in [1.54, 1.807) is 0 Å².